The van der Waals surface area contributed by atoms with Gasteiger partial charge in [-0.25, -0.2) is 13.4 Å². The van der Waals surface area contributed by atoms with E-state index in [2.05, 4.69) is 20.1 Å². The summed E-state index contributed by atoms with van der Waals surface area (Å²) < 4.78 is 27.3. The standard InChI is InChI=1S/C18H31N5O2S/c1-14(2)23(15(3)4)26(24,25)17-5-6-18(20-12-17)19-11-16-13-21-7-9-22(16)10-8-21/h5-6,12,14-16H,7-11,13H2,1-4H3,(H,19,20). The summed E-state index contributed by atoms with van der Waals surface area (Å²) in [6.07, 6.45) is 1.46. The van der Waals surface area contributed by atoms with E-state index in [4.69, 9.17) is 0 Å². The van der Waals surface area contributed by atoms with Gasteiger partial charge in [-0.15, -0.1) is 0 Å². The van der Waals surface area contributed by atoms with E-state index in [1.807, 2.05) is 27.7 Å². The number of hydrogen-bond donors (Lipinski definition) is 1. The Kier molecular flexibility index (Phi) is 5.86. The van der Waals surface area contributed by atoms with E-state index in [-0.39, 0.29) is 17.0 Å². The molecule has 8 heteroatoms. The minimum absolute atomic E-state index is 0.0939. The van der Waals surface area contributed by atoms with Crippen LogP contribution in [0.2, 0.25) is 0 Å². The third-order valence-electron chi connectivity index (χ3n) is 5.24. The number of aromatic nitrogens is 1. The maximum Gasteiger partial charge on any atom is 0.245 e. The topological polar surface area (TPSA) is 68.8 Å². The highest BCUT2D eigenvalue weighted by molar-refractivity contribution is 7.89. The summed E-state index contributed by atoms with van der Waals surface area (Å²) in [5, 5.41) is 3.36. The Morgan fingerprint density at radius 1 is 1.15 bits per heavy atom. The lowest BCUT2D eigenvalue weighted by atomic mass is 10.1. The maximum atomic E-state index is 12.9. The molecule has 1 N–H and O–H groups in total. The number of nitrogens with one attached hydrogen (secondary N) is 1. The van der Waals surface area contributed by atoms with E-state index in [1.165, 1.54) is 23.6 Å². The Bertz CT molecular complexity index is 689. The molecule has 0 aromatic carbocycles. The van der Waals surface area contributed by atoms with Crippen LogP contribution in [0.15, 0.2) is 23.2 Å². The smallest absolute Gasteiger partial charge is 0.245 e. The third kappa shape index (κ3) is 4.03. The first kappa shape index (κ1) is 19.5. The average Bonchev–Trinajstić information content (AvgIpc) is 2.60. The zero-order chi connectivity index (χ0) is 18.9. The van der Waals surface area contributed by atoms with Crippen molar-refractivity contribution in [2.75, 3.05) is 44.6 Å². The molecule has 2 bridgehead atoms. The third-order valence-corrected chi connectivity index (χ3v) is 7.48. The molecule has 4 heterocycles. The zero-order valence-electron chi connectivity index (χ0n) is 16.2. The van der Waals surface area contributed by atoms with E-state index in [1.54, 1.807) is 12.1 Å². The van der Waals surface area contributed by atoms with Gasteiger partial charge >= 0.3 is 0 Å². The summed E-state index contributed by atoms with van der Waals surface area (Å²) in [5.41, 5.74) is 0. The van der Waals surface area contributed by atoms with Crippen LogP contribution in [0.3, 0.4) is 0 Å². The molecule has 146 valence electrons. The molecule has 3 fully saturated rings. The molecule has 3 saturated heterocycles. The van der Waals surface area contributed by atoms with Crippen molar-refractivity contribution in [3.05, 3.63) is 18.3 Å². The van der Waals surface area contributed by atoms with Gasteiger partial charge in [-0.2, -0.15) is 4.31 Å². The molecule has 26 heavy (non-hydrogen) atoms. The molecule has 3 aliphatic heterocycles. The number of nitrogens with zero attached hydrogens (tertiary/aromatic N) is 4. The molecule has 1 atom stereocenters. The Labute approximate surface area is 157 Å². The maximum absolute atomic E-state index is 12.9. The lowest BCUT2D eigenvalue weighted by Crippen LogP contribution is -2.62. The molecule has 0 spiro atoms. The molecule has 0 saturated carbocycles. The first-order valence-corrected chi connectivity index (χ1v) is 10.9. The Morgan fingerprint density at radius 2 is 1.81 bits per heavy atom. The molecule has 3 aliphatic rings. The van der Waals surface area contributed by atoms with E-state index >= 15 is 0 Å². The van der Waals surface area contributed by atoms with Gasteiger partial charge in [-0.05, 0) is 39.8 Å². The van der Waals surface area contributed by atoms with Crippen LogP contribution in [-0.4, -0.2) is 84.9 Å². The number of pyridine rings is 1. The first-order valence-electron chi connectivity index (χ1n) is 9.49. The molecular formula is C18H31N5O2S. The summed E-state index contributed by atoms with van der Waals surface area (Å²) in [7, 11) is -3.53. The zero-order valence-corrected chi connectivity index (χ0v) is 17.0. The van der Waals surface area contributed by atoms with E-state index in [0.717, 1.165) is 32.0 Å². The molecule has 0 amide bonds. The van der Waals surface area contributed by atoms with Gasteiger partial charge < -0.3 is 5.32 Å². The molecule has 0 radical (unpaired) electrons. The molecule has 4 rings (SSSR count). The summed E-state index contributed by atoms with van der Waals surface area (Å²) in [4.78, 5) is 9.62. The van der Waals surface area contributed by atoms with Crippen molar-refractivity contribution in [3.8, 4) is 0 Å². The molecule has 1 aromatic rings. The molecule has 7 nitrogen and oxygen atoms in total. The second-order valence-corrected chi connectivity index (χ2v) is 9.62. The van der Waals surface area contributed by atoms with Gasteiger partial charge in [0.1, 0.15) is 10.7 Å². The number of piperazine rings is 3. The highest BCUT2D eigenvalue weighted by Crippen LogP contribution is 2.21. The van der Waals surface area contributed by atoms with Crippen LogP contribution >= 0.6 is 0 Å². The van der Waals surface area contributed by atoms with Crippen LogP contribution in [0.25, 0.3) is 0 Å². The van der Waals surface area contributed by atoms with Crippen molar-refractivity contribution in [2.45, 2.75) is 50.7 Å². The van der Waals surface area contributed by atoms with Gasteiger partial charge in [0, 0.05) is 63.6 Å². The summed E-state index contributed by atoms with van der Waals surface area (Å²) in [5.74, 6) is 0.724. The van der Waals surface area contributed by atoms with Crippen molar-refractivity contribution >= 4 is 15.8 Å². The fraction of sp³-hybridized carbons (Fsp3) is 0.722. The molecule has 1 aromatic heterocycles. The first-order chi connectivity index (χ1) is 12.3. The monoisotopic (exact) mass is 381 g/mol. The van der Waals surface area contributed by atoms with Crippen LogP contribution in [0.1, 0.15) is 27.7 Å². The van der Waals surface area contributed by atoms with Crippen LogP contribution < -0.4 is 5.32 Å². The van der Waals surface area contributed by atoms with Gasteiger partial charge in [-0.1, -0.05) is 0 Å². The van der Waals surface area contributed by atoms with E-state index < -0.39 is 10.0 Å². The van der Waals surface area contributed by atoms with Crippen molar-refractivity contribution in [1.82, 2.24) is 19.1 Å². The quantitative estimate of drug-likeness (QED) is 0.768. The lowest BCUT2D eigenvalue weighted by Gasteiger charge is -2.47. The number of rotatable bonds is 7. The second-order valence-electron chi connectivity index (χ2n) is 7.77. The number of sulfonamides is 1. The Morgan fingerprint density at radius 3 is 2.27 bits per heavy atom. The normalized spacial score (nSPS) is 26.0. The van der Waals surface area contributed by atoms with Crippen molar-refractivity contribution in [2.24, 2.45) is 0 Å². The fourth-order valence-electron chi connectivity index (χ4n) is 4.05. The Hall–Kier alpha value is -1.22. The van der Waals surface area contributed by atoms with Crippen LogP contribution in [0.5, 0.6) is 0 Å². The van der Waals surface area contributed by atoms with E-state index in [9.17, 15) is 8.42 Å². The Balaban J connectivity index is 1.64. The molecule has 1 unspecified atom stereocenters. The van der Waals surface area contributed by atoms with Gasteiger partial charge in [0.2, 0.25) is 10.0 Å². The second kappa shape index (κ2) is 7.80. The highest BCUT2D eigenvalue weighted by atomic mass is 32.2. The van der Waals surface area contributed by atoms with Crippen LogP contribution in [0.4, 0.5) is 5.82 Å². The van der Waals surface area contributed by atoms with Gasteiger partial charge in [0.25, 0.3) is 0 Å². The predicted molar refractivity (Wildman–Crippen MR) is 104 cm³/mol. The summed E-state index contributed by atoms with van der Waals surface area (Å²) in [6, 6.07) is 3.73. The van der Waals surface area contributed by atoms with Gasteiger partial charge in [0.15, 0.2) is 0 Å². The van der Waals surface area contributed by atoms with Crippen molar-refractivity contribution < 1.29 is 8.42 Å². The van der Waals surface area contributed by atoms with Gasteiger partial charge in [-0.3, -0.25) is 9.80 Å². The van der Waals surface area contributed by atoms with E-state index in [0.29, 0.717) is 6.04 Å². The molecular weight excluding hydrogens is 350 g/mol. The number of hydrogen-bond acceptors (Lipinski definition) is 6. The largest absolute Gasteiger partial charge is 0.368 e. The van der Waals surface area contributed by atoms with Crippen molar-refractivity contribution in [3.63, 3.8) is 0 Å². The van der Waals surface area contributed by atoms with Gasteiger partial charge in [0.05, 0.1) is 0 Å². The minimum atomic E-state index is -3.53. The molecule has 0 aliphatic carbocycles. The summed E-state index contributed by atoms with van der Waals surface area (Å²) >= 11 is 0. The SMILES string of the molecule is CC(C)N(C(C)C)S(=O)(=O)c1ccc(NCC2CN3CCN2CC3)nc1. The fourth-order valence-corrected chi connectivity index (χ4v) is 5.83. The van der Waals surface area contributed by atoms with Crippen LogP contribution in [-0.2, 0) is 10.0 Å². The number of fused-ring (bicyclic) bond motifs is 3. The summed E-state index contributed by atoms with van der Waals surface area (Å²) in [6.45, 7) is 14.1. The minimum Gasteiger partial charge on any atom is -0.368 e. The van der Waals surface area contributed by atoms with Crippen LogP contribution in [0, 0.1) is 0 Å². The lowest BCUT2D eigenvalue weighted by molar-refractivity contribution is 0.0189. The predicted octanol–water partition coefficient (Wildman–Crippen LogP) is 1.30. The van der Waals surface area contributed by atoms with Crippen molar-refractivity contribution in [1.29, 1.82) is 0 Å². The highest BCUT2D eigenvalue weighted by Gasteiger charge is 2.32. The average molecular weight is 382 g/mol. The number of anilines is 1.